The quantitative estimate of drug-likeness (QED) is 0.711. The first-order chi connectivity index (χ1) is 13.4. The molecule has 1 aliphatic rings. The molecule has 0 spiro atoms. The van der Waals surface area contributed by atoms with E-state index in [1.165, 1.54) is 22.5 Å². The van der Waals surface area contributed by atoms with E-state index in [2.05, 4.69) is 5.32 Å². The highest BCUT2D eigenvalue weighted by molar-refractivity contribution is 8.00. The lowest BCUT2D eigenvalue weighted by molar-refractivity contribution is -0.115. The van der Waals surface area contributed by atoms with Crippen LogP contribution < -0.4 is 5.32 Å². The minimum Gasteiger partial charge on any atom is -0.325 e. The van der Waals surface area contributed by atoms with Gasteiger partial charge in [-0.05, 0) is 56.2 Å². The molecule has 0 aliphatic carbocycles. The minimum atomic E-state index is -3.49. The Labute approximate surface area is 169 Å². The van der Waals surface area contributed by atoms with Crippen LogP contribution in [0, 0.1) is 5.82 Å². The second-order valence-corrected chi connectivity index (χ2v) is 9.99. The highest BCUT2D eigenvalue weighted by Crippen LogP contribution is 2.27. The van der Waals surface area contributed by atoms with Crippen LogP contribution in [-0.4, -0.2) is 37.0 Å². The van der Waals surface area contributed by atoms with E-state index in [-0.39, 0.29) is 16.6 Å². The van der Waals surface area contributed by atoms with Crippen molar-refractivity contribution in [1.29, 1.82) is 0 Å². The summed E-state index contributed by atoms with van der Waals surface area (Å²) < 4.78 is 40.6. The van der Waals surface area contributed by atoms with Gasteiger partial charge in [-0.25, -0.2) is 12.8 Å². The Kier molecular flexibility index (Phi) is 6.74. The minimum absolute atomic E-state index is 0.223. The second kappa shape index (κ2) is 9.07. The summed E-state index contributed by atoms with van der Waals surface area (Å²) >= 11 is 1.13. The fourth-order valence-corrected chi connectivity index (χ4v) is 5.39. The molecule has 28 heavy (non-hydrogen) atoms. The van der Waals surface area contributed by atoms with Gasteiger partial charge < -0.3 is 5.32 Å². The molecule has 1 heterocycles. The highest BCUT2D eigenvalue weighted by Gasteiger charge is 2.25. The van der Waals surface area contributed by atoms with Gasteiger partial charge in [-0.15, -0.1) is 11.8 Å². The van der Waals surface area contributed by atoms with Crippen molar-refractivity contribution < 1.29 is 17.6 Å². The van der Waals surface area contributed by atoms with Crippen LogP contribution in [0.1, 0.15) is 26.2 Å². The zero-order valence-corrected chi connectivity index (χ0v) is 17.2. The van der Waals surface area contributed by atoms with Gasteiger partial charge in [0.2, 0.25) is 15.9 Å². The molecule has 1 aliphatic heterocycles. The van der Waals surface area contributed by atoms with Crippen molar-refractivity contribution in [2.24, 2.45) is 0 Å². The number of nitrogens with zero attached hydrogens (tertiary/aromatic N) is 1. The standard InChI is InChI=1S/C20H23FN2O3S2/c1-15(27-19-8-4-3-7-18(19)21)20(24)22-16-9-11-17(12-10-16)28(25,26)23-13-5-2-6-14-23/h3-4,7-12,15H,2,5-6,13-14H2,1H3,(H,22,24). The fourth-order valence-electron chi connectivity index (χ4n) is 2.99. The molecule has 0 radical (unpaired) electrons. The molecule has 1 unspecified atom stereocenters. The number of hydrogen-bond donors (Lipinski definition) is 1. The Morgan fingerprint density at radius 2 is 1.71 bits per heavy atom. The number of thioether (sulfide) groups is 1. The van der Waals surface area contributed by atoms with Gasteiger partial charge in [0.1, 0.15) is 5.82 Å². The molecule has 1 atom stereocenters. The lowest BCUT2D eigenvalue weighted by Crippen LogP contribution is -2.35. The van der Waals surface area contributed by atoms with Crippen LogP contribution in [0.4, 0.5) is 10.1 Å². The number of hydrogen-bond acceptors (Lipinski definition) is 4. The van der Waals surface area contributed by atoms with Gasteiger partial charge in [-0.3, -0.25) is 4.79 Å². The molecule has 0 saturated carbocycles. The topological polar surface area (TPSA) is 66.5 Å². The van der Waals surface area contributed by atoms with E-state index in [1.54, 1.807) is 37.3 Å². The summed E-state index contributed by atoms with van der Waals surface area (Å²) in [4.78, 5) is 13.0. The Hall–Kier alpha value is -1.90. The molecule has 150 valence electrons. The third-order valence-corrected chi connectivity index (χ3v) is 7.65. The average molecular weight is 423 g/mol. The number of piperidine rings is 1. The lowest BCUT2D eigenvalue weighted by Gasteiger charge is -2.25. The van der Waals surface area contributed by atoms with E-state index >= 15 is 0 Å². The van der Waals surface area contributed by atoms with Crippen molar-refractivity contribution in [3.8, 4) is 0 Å². The predicted molar refractivity (Wildman–Crippen MR) is 109 cm³/mol. The maximum absolute atomic E-state index is 13.7. The Balaban J connectivity index is 1.63. The second-order valence-electron chi connectivity index (χ2n) is 6.67. The first-order valence-corrected chi connectivity index (χ1v) is 11.5. The summed E-state index contributed by atoms with van der Waals surface area (Å²) in [5, 5.41) is 2.24. The molecule has 3 rings (SSSR count). The molecule has 2 aromatic carbocycles. The van der Waals surface area contributed by atoms with Crippen molar-refractivity contribution in [3.05, 3.63) is 54.3 Å². The largest absolute Gasteiger partial charge is 0.325 e. The normalized spacial score (nSPS) is 16.5. The van der Waals surface area contributed by atoms with Crippen molar-refractivity contribution in [1.82, 2.24) is 4.31 Å². The smallest absolute Gasteiger partial charge is 0.243 e. The van der Waals surface area contributed by atoms with E-state index < -0.39 is 15.3 Å². The van der Waals surface area contributed by atoms with Crippen LogP contribution in [0.3, 0.4) is 0 Å². The molecule has 8 heteroatoms. The van der Waals surface area contributed by atoms with Gasteiger partial charge in [0.05, 0.1) is 10.1 Å². The van der Waals surface area contributed by atoms with Crippen LogP contribution in [0.2, 0.25) is 0 Å². The number of carbonyl (C=O) groups excluding carboxylic acids is 1. The molecule has 5 nitrogen and oxygen atoms in total. The van der Waals surface area contributed by atoms with E-state index in [4.69, 9.17) is 0 Å². The van der Waals surface area contributed by atoms with Gasteiger partial charge in [0, 0.05) is 23.7 Å². The molecule has 0 aromatic heterocycles. The Morgan fingerprint density at radius 1 is 1.07 bits per heavy atom. The number of anilines is 1. The first kappa shape index (κ1) is 20.8. The van der Waals surface area contributed by atoms with E-state index in [1.807, 2.05) is 0 Å². The zero-order valence-electron chi connectivity index (χ0n) is 15.6. The molecule has 1 fully saturated rings. The van der Waals surface area contributed by atoms with Gasteiger partial charge in [-0.1, -0.05) is 18.6 Å². The average Bonchev–Trinajstić information content (AvgIpc) is 2.70. The monoisotopic (exact) mass is 422 g/mol. The number of carbonyl (C=O) groups is 1. The van der Waals surface area contributed by atoms with Gasteiger partial charge in [0.15, 0.2) is 0 Å². The third kappa shape index (κ3) is 4.92. The number of halogens is 1. The highest BCUT2D eigenvalue weighted by atomic mass is 32.2. The van der Waals surface area contributed by atoms with Crippen molar-refractivity contribution in [3.63, 3.8) is 0 Å². The van der Waals surface area contributed by atoms with Gasteiger partial charge in [-0.2, -0.15) is 4.31 Å². The third-order valence-electron chi connectivity index (χ3n) is 4.58. The molecule has 0 bridgehead atoms. The van der Waals surface area contributed by atoms with Crippen LogP contribution in [0.5, 0.6) is 0 Å². The summed E-state index contributed by atoms with van der Waals surface area (Å²) in [6.45, 7) is 2.79. The number of rotatable bonds is 6. The SMILES string of the molecule is CC(Sc1ccccc1F)C(=O)Nc1ccc(S(=O)(=O)N2CCCCC2)cc1. The summed E-state index contributed by atoms with van der Waals surface area (Å²) in [5.41, 5.74) is 0.503. The van der Waals surface area contributed by atoms with E-state index in [0.29, 0.717) is 23.7 Å². The number of nitrogens with one attached hydrogen (secondary N) is 1. The van der Waals surface area contributed by atoms with E-state index in [0.717, 1.165) is 31.0 Å². The fraction of sp³-hybridized carbons (Fsp3) is 0.350. The number of sulfonamides is 1. The predicted octanol–water partition coefficient (Wildman–Crippen LogP) is 4.12. The molecular formula is C20H23FN2O3S2. The molecular weight excluding hydrogens is 399 g/mol. The summed E-state index contributed by atoms with van der Waals surface area (Å²) in [7, 11) is -3.49. The van der Waals surface area contributed by atoms with Gasteiger partial charge >= 0.3 is 0 Å². The Bertz CT molecular complexity index is 927. The summed E-state index contributed by atoms with van der Waals surface area (Å²) in [6.07, 6.45) is 2.82. The molecule has 1 N–H and O–H groups in total. The number of amides is 1. The van der Waals surface area contributed by atoms with Crippen LogP contribution >= 0.6 is 11.8 Å². The Morgan fingerprint density at radius 3 is 2.36 bits per heavy atom. The zero-order chi connectivity index (χ0) is 20.1. The molecule has 2 aromatic rings. The van der Waals surface area contributed by atoms with Crippen molar-refractivity contribution in [2.45, 2.75) is 41.2 Å². The van der Waals surface area contributed by atoms with Crippen molar-refractivity contribution in [2.75, 3.05) is 18.4 Å². The van der Waals surface area contributed by atoms with Crippen LogP contribution in [0.15, 0.2) is 58.3 Å². The molecule has 1 saturated heterocycles. The first-order valence-electron chi connectivity index (χ1n) is 9.20. The summed E-state index contributed by atoms with van der Waals surface area (Å²) in [5.74, 6) is -0.640. The number of benzene rings is 2. The van der Waals surface area contributed by atoms with Gasteiger partial charge in [0.25, 0.3) is 0 Å². The maximum atomic E-state index is 13.7. The summed E-state index contributed by atoms with van der Waals surface area (Å²) in [6, 6.07) is 12.5. The van der Waals surface area contributed by atoms with Crippen molar-refractivity contribution >= 4 is 33.4 Å². The lowest BCUT2D eigenvalue weighted by atomic mass is 10.2. The molecule has 1 amide bonds. The van der Waals surface area contributed by atoms with Crippen LogP contribution in [0.25, 0.3) is 0 Å². The van der Waals surface area contributed by atoms with Crippen LogP contribution in [-0.2, 0) is 14.8 Å². The van der Waals surface area contributed by atoms with E-state index in [9.17, 15) is 17.6 Å². The maximum Gasteiger partial charge on any atom is 0.243 e.